The smallest absolute Gasteiger partial charge is 0.367 e. The van der Waals surface area contributed by atoms with Gasteiger partial charge in [-0.1, -0.05) is 13.8 Å². The maximum atomic E-state index is 13.6. The van der Waals surface area contributed by atoms with Gasteiger partial charge in [-0.15, -0.1) is 0 Å². The zero-order chi connectivity index (χ0) is 18.6. The first kappa shape index (κ1) is 17.7. The van der Waals surface area contributed by atoms with E-state index in [0.29, 0.717) is 18.1 Å². The molecule has 5 nitrogen and oxygen atoms in total. The summed E-state index contributed by atoms with van der Waals surface area (Å²) in [6.45, 7) is 4.52. The van der Waals surface area contributed by atoms with Gasteiger partial charge in [0, 0.05) is 24.6 Å². The van der Waals surface area contributed by atoms with Gasteiger partial charge in [-0.25, -0.2) is 4.68 Å². The quantitative estimate of drug-likeness (QED) is 0.878. The molecule has 144 valence electrons. The van der Waals surface area contributed by atoms with Crippen molar-refractivity contribution in [2.75, 3.05) is 11.9 Å². The summed E-state index contributed by atoms with van der Waals surface area (Å²) in [5, 5.41) is 7.55. The number of amides is 1. The van der Waals surface area contributed by atoms with Crippen LogP contribution < -0.4 is 5.32 Å². The SMILES string of the molecule is CC(C)[C@@H]1C[C@H](C(F)(F)F)n2nc([C@@H]3CCCN3C(=O)C3CC3)cc2N1. The molecular formula is C18H25F3N4O. The van der Waals surface area contributed by atoms with Crippen LogP contribution in [0.3, 0.4) is 0 Å². The topological polar surface area (TPSA) is 50.2 Å². The molecule has 0 bridgehead atoms. The van der Waals surface area contributed by atoms with Gasteiger partial charge in [-0.05, 0) is 38.0 Å². The summed E-state index contributed by atoms with van der Waals surface area (Å²) < 4.78 is 41.9. The van der Waals surface area contributed by atoms with Crippen LogP contribution in [0.2, 0.25) is 0 Å². The Bertz CT molecular complexity index is 695. The molecule has 3 atom stereocenters. The monoisotopic (exact) mass is 370 g/mol. The predicted molar refractivity (Wildman–Crippen MR) is 90.6 cm³/mol. The molecule has 0 unspecified atom stereocenters. The maximum absolute atomic E-state index is 13.6. The summed E-state index contributed by atoms with van der Waals surface area (Å²) in [6.07, 6.45) is -0.878. The Kier molecular flexibility index (Phi) is 4.19. The summed E-state index contributed by atoms with van der Waals surface area (Å²) >= 11 is 0. The minimum absolute atomic E-state index is 0.0231. The summed E-state index contributed by atoms with van der Waals surface area (Å²) in [4.78, 5) is 14.3. The highest BCUT2D eigenvalue weighted by atomic mass is 19.4. The van der Waals surface area contributed by atoms with E-state index in [0.717, 1.165) is 30.4 Å². The zero-order valence-corrected chi connectivity index (χ0v) is 15.1. The van der Waals surface area contributed by atoms with E-state index in [1.807, 2.05) is 18.7 Å². The number of hydrogen-bond donors (Lipinski definition) is 1. The number of nitrogens with zero attached hydrogens (tertiary/aromatic N) is 3. The molecule has 0 spiro atoms. The summed E-state index contributed by atoms with van der Waals surface area (Å²) in [6, 6.07) is -0.342. The van der Waals surface area contributed by atoms with E-state index in [9.17, 15) is 18.0 Å². The van der Waals surface area contributed by atoms with Crippen LogP contribution in [0.15, 0.2) is 6.07 Å². The number of halogens is 3. The zero-order valence-electron chi connectivity index (χ0n) is 15.1. The molecule has 0 aromatic carbocycles. The van der Waals surface area contributed by atoms with Gasteiger partial charge in [0.1, 0.15) is 5.82 Å². The molecule has 1 aliphatic carbocycles. The highest BCUT2D eigenvalue weighted by Crippen LogP contribution is 2.43. The number of alkyl halides is 3. The van der Waals surface area contributed by atoms with Crippen molar-refractivity contribution in [2.24, 2.45) is 11.8 Å². The first-order chi connectivity index (χ1) is 12.3. The Hall–Kier alpha value is -1.73. The molecule has 1 saturated heterocycles. The van der Waals surface area contributed by atoms with Crippen LogP contribution >= 0.6 is 0 Å². The molecule has 1 saturated carbocycles. The number of likely N-dealkylation sites (tertiary alicyclic amines) is 1. The Morgan fingerprint density at radius 1 is 1.31 bits per heavy atom. The van der Waals surface area contributed by atoms with Crippen molar-refractivity contribution in [3.05, 3.63) is 11.8 Å². The van der Waals surface area contributed by atoms with E-state index < -0.39 is 12.2 Å². The van der Waals surface area contributed by atoms with Crippen LogP contribution in [0.1, 0.15) is 63.7 Å². The average molecular weight is 370 g/mol. The lowest BCUT2D eigenvalue weighted by atomic mass is 9.94. The number of fused-ring (bicyclic) bond motifs is 1. The second kappa shape index (κ2) is 6.16. The summed E-state index contributed by atoms with van der Waals surface area (Å²) in [7, 11) is 0. The first-order valence-corrected chi connectivity index (χ1v) is 9.49. The second-order valence-electron chi connectivity index (χ2n) is 8.15. The molecule has 26 heavy (non-hydrogen) atoms. The molecule has 3 heterocycles. The molecular weight excluding hydrogens is 345 g/mol. The van der Waals surface area contributed by atoms with E-state index in [4.69, 9.17) is 0 Å². The Balaban J connectivity index is 1.65. The third-order valence-electron chi connectivity index (χ3n) is 5.85. The van der Waals surface area contributed by atoms with Crippen LogP contribution in [-0.4, -0.2) is 39.4 Å². The number of hydrogen-bond acceptors (Lipinski definition) is 3. The maximum Gasteiger partial charge on any atom is 0.410 e. The Morgan fingerprint density at radius 3 is 2.65 bits per heavy atom. The fourth-order valence-electron chi connectivity index (χ4n) is 4.12. The molecule has 4 rings (SSSR count). The first-order valence-electron chi connectivity index (χ1n) is 9.49. The fraction of sp³-hybridized carbons (Fsp3) is 0.778. The van der Waals surface area contributed by atoms with Gasteiger partial charge in [-0.3, -0.25) is 4.79 Å². The van der Waals surface area contributed by atoms with E-state index in [1.165, 1.54) is 0 Å². The summed E-state index contributed by atoms with van der Waals surface area (Å²) in [5.41, 5.74) is 0.581. The lowest BCUT2D eigenvalue weighted by molar-refractivity contribution is -0.174. The Morgan fingerprint density at radius 2 is 2.04 bits per heavy atom. The number of anilines is 1. The lowest BCUT2D eigenvalue weighted by Crippen LogP contribution is -2.41. The van der Waals surface area contributed by atoms with Gasteiger partial charge >= 0.3 is 6.18 Å². The highest BCUT2D eigenvalue weighted by molar-refractivity contribution is 5.81. The number of nitrogens with one attached hydrogen (secondary N) is 1. The van der Waals surface area contributed by atoms with Gasteiger partial charge in [0.25, 0.3) is 0 Å². The van der Waals surface area contributed by atoms with E-state index in [-0.39, 0.29) is 36.2 Å². The number of rotatable bonds is 3. The van der Waals surface area contributed by atoms with Gasteiger partial charge < -0.3 is 10.2 Å². The summed E-state index contributed by atoms with van der Waals surface area (Å²) in [5.74, 6) is 0.752. The highest BCUT2D eigenvalue weighted by Gasteiger charge is 2.47. The molecule has 1 amide bonds. The molecule has 8 heteroatoms. The van der Waals surface area contributed by atoms with Crippen LogP contribution in [0.25, 0.3) is 0 Å². The van der Waals surface area contributed by atoms with Gasteiger partial charge in [0.05, 0.1) is 11.7 Å². The van der Waals surface area contributed by atoms with Crippen LogP contribution in [0, 0.1) is 11.8 Å². The van der Waals surface area contributed by atoms with Crippen LogP contribution in [0.5, 0.6) is 0 Å². The van der Waals surface area contributed by atoms with Gasteiger partial charge in [-0.2, -0.15) is 18.3 Å². The molecule has 1 N–H and O–H groups in total. The minimum Gasteiger partial charge on any atom is -0.367 e. The fourth-order valence-corrected chi connectivity index (χ4v) is 4.12. The van der Waals surface area contributed by atoms with Crippen LogP contribution in [-0.2, 0) is 4.79 Å². The predicted octanol–water partition coefficient (Wildman–Crippen LogP) is 3.90. The number of carbonyl (C=O) groups excluding carboxylic acids is 1. The van der Waals surface area contributed by atoms with E-state index in [1.54, 1.807) is 6.07 Å². The largest absolute Gasteiger partial charge is 0.410 e. The van der Waals surface area contributed by atoms with Crippen molar-refractivity contribution in [1.82, 2.24) is 14.7 Å². The van der Waals surface area contributed by atoms with Gasteiger partial charge in [0.15, 0.2) is 6.04 Å². The van der Waals surface area contributed by atoms with Crippen molar-refractivity contribution in [1.29, 1.82) is 0 Å². The minimum atomic E-state index is -4.34. The van der Waals surface area contributed by atoms with Crippen LogP contribution in [0.4, 0.5) is 19.0 Å². The van der Waals surface area contributed by atoms with Crippen molar-refractivity contribution >= 4 is 11.7 Å². The Labute approximate surface area is 150 Å². The molecule has 2 aliphatic heterocycles. The lowest BCUT2D eigenvalue weighted by Gasteiger charge is -2.35. The third-order valence-corrected chi connectivity index (χ3v) is 5.85. The van der Waals surface area contributed by atoms with Crippen molar-refractivity contribution in [3.8, 4) is 0 Å². The van der Waals surface area contributed by atoms with Gasteiger partial charge in [0.2, 0.25) is 5.91 Å². The van der Waals surface area contributed by atoms with E-state index >= 15 is 0 Å². The number of carbonyl (C=O) groups is 1. The average Bonchev–Trinajstić information content (AvgIpc) is 3.15. The van der Waals surface area contributed by atoms with Crippen molar-refractivity contribution in [3.63, 3.8) is 0 Å². The second-order valence-corrected chi connectivity index (χ2v) is 8.15. The van der Waals surface area contributed by atoms with Crippen molar-refractivity contribution < 1.29 is 18.0 Å². The van der Waals surface area contributed by atoms with Crippen molar-refractivity contribution in [2.45, 2.75) is 70.3 Å². The molecule has 3 aliphatic rings. The van der Waals surface area contributed by atoms with E-state index in [2.05, 4.69) is 10.4 Å². The third kappa shape index (κ3) is 3.07. The molecule has 1 aromatic rings. The standard InChI is InChI=1S/C18H25F3N4O/c1-10(2)12-8-15(18(19,20)21)25-16(22-12)9-13(23-25)14-4-3-7-24(14)17(26)11-5-6-11/h9-12,14-15,22H,3-8H2,1-2H3/t12-,14-,15+/m0/s1. The molecule has 2 fully saturated rings. The molecule has 0 radical (unpaired) electrons. The normalized spacial score (nSPS) is 29.0. The number of aromatic nitrogens is 2. The molecule has 1 aromatic heterocycles.